The second-order valence-electron chi connectivity index (χ2n) is 5.81. The fourth-order valence-corrected chi connectivity index (χ4v) is 3.25. The fourth-order valence-electron chi connectivity index (χ4n) is 3.25. The number of hydrogen-bond donors (Lipinski definition) is 1. The van der Waals surface area contributed by atoms with Crippen molar-refractivity contribution in [1.82, 2.24) is 9.97 Å². The van der Waals surface area contributed by atoms with E-state index in [4.69, 9.17) is 4.98 Å². The summed E-state index contributed by atoms with van der Waals surface area (Å²) in [6.45, 7) is 0. The minimum atomic E-state index is -0.0968. The highest BCUT2D eigenvalue weighted by molar-refractivity contribution is 6.13. The Bertz CT molecular complexity index is 874. The van der Waals surface area contributed by atoms with Gasteiger partial charge in [-0.15, -0.1) is 0 Å². The summed E-state index contributed by atoms with van der Waals surface area (Å²) in [5, 5.41) is 3.84. The van der Waals surface area contributed by atoms with Gasteiger partial charge in [0.2, 0.25) is 0 Å². The van der Waals surface area contributed by atoms with Crippen LogP contribution in [0.3, 0.4) is 0 Å². The Morgan fingerprint density at radius 3 is 2.70 bits per heavy atom. The standard InChI is InChI=1S/C19H17N3O/c23-19(22-17-11-5-6-12-20-17)18-13-7-1-3-9-15(13)21-16-10-4-2-8-14(16)18/h1,3,5-7,9,11-12H,2,4,8,10H2,(H,20,22,23). The van der Waals surface area contributed by atoms with E-state index in [1.54, 1.807) is 12.3 Å². The summed E-state index contributed by atoms with van der Waals surface area (Å²) in [7, 11) is 0. The van der Waals surface area contributed by atoms with Gasteiger partial charge in [-0.05, 0) is 49.4 Å². The summed E-state index contributed by atoms with van der Waals surface area (Å²) >= 11 is 0. The van der Waals surface area contributed by atoms with Crippen LogP contribution in [0.15, 0.2) is 48.7 Å². The Kier molecular flexibility index (Phi) is 3.50. The Balaban J connectivity index is 1.85. The molecule has 0 spiro atoms. The van der Waals surface area contributed by atoms with Crippen LogP contribution in [0.5, 0.6) is 0 Å². The van der Waals surface area contributed by atoms with Crippen LogP contribution in [0.1, 0.15) is 34.5 Å². The number of amides is 1. The molecule has 1 aliphatic rings. The van der Waals surface area contributed by atoms with Crippen molar-refractivity contribution in [1.29, 1.82) is 0 Å². The van der Waals surface area contributed by atoms with E-state index < -0.39 is 0 Å². The van der Waals surface area contributed by atoms with Crippen LogP contribution in [0.25, 0.3) is 10.9 Å². The molecule has 4 heteroatoms. The normalized spacial score (nSPS) is 13.6. The highest BCUT2D eigenvalue weighted by Gasteiger charge is 2.22. The second kappa shape index (κ2) is 5.80. The maximum atomic E-state index is 12.9. The number of carbonyl (C=O) groups excluding carboxylic acids is 1. The van der Waals surface area contributed by atoms with Gasteiger partial charge in [-0.1, -0.05) is 24.3 Å². The van der Waals surface area contributed by atoms with Crippen molar-refractivity contribution >= 4 is 22.6 Å². The number of aryl methyl sites for hydroxylation is 1. The Morgan fingerprint density at radius 1 is 1.00 bits per heavy atom. The second-order valence-corrected chi connectivity index (χ2v) is 5.81. The number of nitrogens with one attached hydrogen (secondary N) is 1. The molecule has 114 valence electrons. The van der Waals surface area contributed by atoms with E-state index in [0.717, 1.165) is 53.4 Å². The number of aromatic nitrogens is 2. The lowest BCUT2D eigenvalue weighted by atomic mass is 9.89. The van der Waals surface area contributed by atoms with Crippen molar-refractivity contribution < 1.29 is 4.79 Å². The third-order valence-corrected chi connectivity index (χ3v) is 4.30. The lowest BCUT2D eigenvalue weighted by molar-refractivity contribution is 0.102. The number of hydrogen-bond acceptors (Lipinski definition) is 3. The number of para-hydroxylation sites is 1. The maximum Gasteiger partial charge on any atom is 0.257 e. The molecular weight excluding hydrogens is 286 g/mol. The van der Waals surface area contributed by atoms with Crippen LogP contribution < -0.4 is 5.32 Å². The SMILES string of the molecule is O=C(Nc1ccccn1)c1c2c(nc3ccccc13)CCCC2. The number of pyridine rings is 2. The molecule has 1 aliphatic carbocycles. The van der Waals surface area contributed by atoms with Gasteiger partial charge in [-0.3, -0.25) is 9.78 Å². The summed E-state index contributed by atoms with van der Waals surface area (Å²) in [5.41, 5.74) is 3.82. The van der Waals surface area contributed by atoms with Crippen molar-refractivity contribution in [3.8, 4) is 0 Å². The lowest BCUT2D eigenvalue weighted by Gasteiger charge is -2.20. The summed E-state index contributed by atoms with van der Waals surface area (Å²) in [6, 6.07) is 13.4. The first kappa shape index (κ1) is 13.9. The van der Waals surface area contributed by atoms with Gasteiger partial charge in [0.1, 0.15) is 5.82 Å². The van der Waals surface area contributed by atoms with Crippen LogP contribution in [0, 0.1) is 0 Å². The van der Waals surface area contributed by atoms with Gasteiger partial charge < -0.3 is 5.32 Å². The molecule has 0 radical (unpaired) electrons. The Labute approximate surface area is 134 Å². The molecule has 1 amide bonds. The summed E-state index contributed by atoms with van der Waals surface area (Å²) in [4.78, 5) is 21.9. The largest absolute Gasteiger partial charge is 0.307 e. The van der Waals surface area contributed by atoms with Crippen molar-refractivity contribution in [3.05, 3.63) is 65.5 Å². The van der Waals surface area contributed by atoms with E-state index in [9.17, 15) is 4.79 Å². The number of nitrogens with zero attached hydrogens (tertiary/aromatic N) is 2. The minimum absolute atomic E-state index is 0.0968. The van der Waals surface area contributed by atoms with Gasteiger partial charge in [-0.2, -0.15) is 0 Å². The number of carbonyl (C=O) groups is 1. The van der Waals surface area contributed by atoms with Gasteiger partial charge in [0.15, 0.2) is 0 Å². The summed E-state index contributed by atoms with van der Waals surface area (Å²) in [5.74, 6) is 0.475. The van der Waals surface area contributed by atoms with Gasteiger partial charge >= 0.3 is 0 Å². The molecule has 0 fully saturated rings. The molecule has 1 N–H and O–H groups in total. The number of benzene rings is 1. The first-order valence-electron chi connectivity index (χ1n) is 7.96. The molecule has 0 saturated carbocycles. The molecule has 3 aromatic rings. The average Bonchev–Trinajstić information content (AvgIpc) is 2.60. The van der Waals surface area contributed by atoms with Crippen molar-refractivity contribution in [2.45, 2.75) is 25.7 Å². The first-order chi connectivity index (χ1) is 11.3. The van der Waals surface area contributed by atoms with Gasteiger partial charge in [0.05, 0.1) is 11.1 Å². The number of anilines is 1. The highest BCUT2D eigenvalue weighted by Crippen LogP contribution is 2.29. The van der Waals surface area contributed by atoms with Gasteiger partial charge in [0, 0.05) is 17.3 Å². The molecule has 0 saturated heterocycles. The van der Waals surface area contributed by atoms with Crippen molar-refractivity contribution in [3.63, 3.8) is 0 Å². The molecule has 0 unspecified atom stereocenters. The molecule has 0 aliphatic heterocycles. The van der Waals surface area contributed by atoms with E-state index >= 15 is 0 Å². The van der Waals surface area contributed by atoms with Crippen LogP contribution in [-0.2, 0) is 12.8 Å². The molecule has 0 bridgehead atoms. The van der Waals surface area contributed by atoms with E-state index in [2.05, 4.69) is 10.3 Å². The maximum absolute atomic E-state index is 12.9. The minimum Gasteiger partial charge on any atom is -0.307 e. The third-order valence-electron chi connectivity index (χ3n) is 4.30. The Hall–Kier alpha value is -2.75. The van der Waals surface area contributed by atoms with Crippen LogP contribution in [0.4, 0.5) is 5.82 Å². The average molecular weight is 303 g/mol. The van der Waals surface area contributed by atoms with E-state index in [0.29, 0.717) is 5.82 Å². The first-order valence-corrected chi connectivity index (χ1v) is 7.96. The topological polar surface area (TPSA) is 54.9 Å². The van der Waals surface area contributed by atoms with Gasteiger partial charge in [-0.25, -0.2) is 4.98 Å². The van der Waals surface area contributed by atoms with E-state index in [1.807, 2.05) is 36.4 Å². The zero-order chi connectivity index (χ0) is 15.6. The van der Waals surface area contributed by atoms with Crippen LogP contribution in [-0.4, -0.2) is 15.9 Å². The monoisotopic (exact) mass is 303 g/mol. The molecule has 4 rings (SSSR count). The van der Waals surface area contributed by atoms with Crippen molar-refractivity contribution in [2.75, 3.05) is 5.32 Å². The molecule has 2 aromatic heterocycles. The number of fused-ring (bicyclic) bond motifs is 2. The number of rotatable bonds is 2. The quantitative estimate of drug-likeness (QED) is 0.784. The van der Waals surface area contributed by atoms with Gasteiger partial charge in [0.25, 0.3) is 5.91 Å². The predicted octanol–water partition coefficient (Wildman–Crippen LogP) is 3.76. The molecule has 23 heavy (non-hydrogen) atoms. The Morgan fingerprint density at radius 2 is 1.83 bits per heavy atom. The molecular formula is C19H17N3O. The molecule has 1 aromatic carbocycles. The fraction of sp³-hybridized carbons (Fsp3) is 0.211. The van der Waals surface area contributed by atoms with Crippen LogP contribution in [0.2, 0.25) is 0 Å². The summed E-state index contributed by atoms with van der Waals surface area (Å²) in [6.07, 6.45) is 5.79. The van der Waals surface area contributed by atoms with E-state index in [-0.39, 0.29) is 5.91 Å². The molecule has 2 heterocycles. The zero-order valence-electron chi connectivity index (χ0n) is 12.7. The van der Waals surface area contributed by atoms with Crippen LogP contribution >= 0.6 is 0 Å². The third kappa shape index (κ3) is 2.57. The van der Waals surface area contributed by atoms with Crippen molar-refractivity contribution in [2.24, 2.45) is 0 Å². The smallest absolute Gasteiger partial charge is 0.257 e. The zero-order valence-corrected chi connectivity index (χ0v) is 12.7. The molecule has 0 atom stereocenters. The lowest BCUT2D eigenvalue weighted by Crippen LogP contribution is -2.19. The van der Waals surface area contributed by atoms with E-state index in [1.165, 1.54) is 0 Å². The summed E-state index contributed by atoms with van der Waals surface area (Å²) < 4.78 is 0. The highest BCUT2D eigenvalue weighted by atomic mass is 16.1. The predicted molar refractivity (Wildman–Crippen MR) is 90.6 cm³/mol. The molecule has 4 nitrogen and oxygen atoms in total.